The summed E-state index contributed by atoms with van der Waals surface area (Å²) >= 11 is 0. The van der Waals surface area contributed by atoms with Gasteiger partial charge in [-0.2, -0.15) is 0 Å². The van der Waals surface area contributed by atoms with Crippen molar-refractivity contribution in [3.8, 4) is 0 Å². The minimum Gasteiger partial charge on any atom is -1.00 e. The van der Waals surface area contributed by atoms with Crippen molar-refractivity contribution in [1.82, 2.24) is 0 Å². The van der Waals surface area contributed by atoms with Crippen molar-refractivity contribution in [1.29, 1.82) is 0 Å². The van der Waals surface area contributed by atoms with E-state index in [-0.39, 0.29) is 53.8 Å². The Hall–Kier alpha value is 1.18. The monoisotopic (exact) mass is 160 g/mol. The molecule has 0 atom stereocenters. The van der Waals surface area contributed by atoms with Crippen molar-refractivity contribution in [2.24, 2.45) is 0 Å². The van der Waals surface area contributed by atoms with Gasteiger partial charge < -0.3 is 13.1 Å². The molecule has 2 N–H and O–H groups in total. The summed E-state index contributed by atoms with van der Waals surface area (Å²) in [6.07, 6.45) is 3.83. The van der Waals surface area contributed by atoms with Gasteiger partial charge in [-0.1, -0.05) is 12.8 Å². The quantitative estimate of drug-likeness (QED) is 0.451. The van der Waals surface area contributed by atoms with Gasteiger partial charge in [0.25, 0.3) is 0 Å². The second kappa shape index (κ2) is 11.9. The van der Waals surface area contributed by atoms with E-state index in [1.54, 1.807) is 0 Å². The molecule has 0 aliphatic carbocycles. The van der Waals surface area contributed by atoms with E-state index in [0.717, 1.165) is 25.7 Å². The topological polar surface area (TPSA) is 40.5 Å². The summed E-state index contributed by atoms with van der Waals surface area (Å²) in [6, 6.07) is 0. The number of hydrogen-bond acceptors (Lipinski definition) is 2. The second-order valence-corrected chi connectivity index (χ2v) is 1.86. The third kappa shape index (κ3) is 12.4. The van der Waals surface area contributed by atoms with Crippen LogP contribution in [-0.4, -0.2) is 61.2 Å². The summed E-state index contributed by atoms with van der Waals surface area (Å²) in [5.41, 5.74) is 0. The van der Waals surface area contributed by atoms with Gasteiger partial charge in [-0.3, -0.25) is 0 Å². The van der Waals surface area contributed by atoms with Crippen molar-refractivity contribution in [3.05, 3.63) is 0 Å². The molecule has 0 spiro atoms. The normalized spacial score (nSPS) is 8.67. The Morgan fingerprint density at radius 1 is 0.778 bits per heavy atom. The first-order valence-corrected chi connectivity index (χ1v) is 3.13. The van der Waals surface area contributed by atoms with Gasteiger partial charge in [0.15, 0.2) is 0 Å². The van der Waals surface area contributed by atoms with Crippen molar-refractivity contribution in [2.75, 3.05) is 13.2 Å². The van der Waals surface area contributed by atoms with Gasteiger partial charge in [0.1, 0.15) is 0 Å². The molecule has 0 rings (SSSR count). The number of aliphatic hydroxyl groups excluding tert-OH is 2. The predicted octanol–water partition coefficient (Wildman–Crippen LogP) is 0.376. The van der Waals surface area contributed by atoms with E-state index in [2.05, 4.69) is 0 Å². The van der Waals surface area contributed by atoms with Crippen LogP contribution in [-0.2, 0) is 0 Å². The summed E-state index contributed by atoms with van der Waals surface area (Å²) in [6.45, 7) is 0.566. The largest absolute Gasteiger partial charge is 2.00 e. The van der Waals surface area contributed by atoms with E-state index in [4.69, 9.17) is 10.2 Å². The molecule has 2 nitrogen and oxygen atoms in total. The fourth-order valence-corrected chi connectivity index (χ4v) is 0.577. The van der Waals surface area contributed by atoms with Crippen molar-refractivity contribution < 1.29 is 13.1 Å². The van der Waals surface area contributed by atoms with Crippen molar-refractivity contribution in [3.63, 3.8) is 0 Å². The maximum absolute atomic E-state index is 8.30. The fourth-order valence-electron chi connectivity index (χ4n) is 0.577. The van der Waals surface area contributed by atoms with Crippen molar-refractivity contribution in [2.45, 2.75) is 25.7 Å². The number of unbranched alkanes of at least 4 members (excludes halogenated alkanes) is 3. The van der Waals surface area contributed by atoms with Gasteiger partial charge in [-0.25, -0.2) is 0 Å². The average Bonchev–Trinajstić information content (AvgIpc) is 1.81. The van der Waals surface area contributed by atoms with Gasteiger partial charge in [0.2, 0.25) is 0 Å². The van der Waals surface area contributed by atoms with E-state index in [9.17, 15) is 0 Å². The molecule has 0 amide bonds. The molecule has 54 valence electrons. The molecule has 0 saturated heterocycles. The SMILES string of the molecule is OCCCCCCO.[Ca+2].[H-].[H-]. The Kier molecular flexibility index (Phi) is 17.0. The molecule has 0 aliphatic rings. The van der Waals surface area contributed by atoms with Gasteiger partial charge in [-0.15, -0.1) is 0 Å². The zero-order chi connectivity index (χ0) is 6.24. The molecule has 3 heteroatoms. The maximum atomic E-state index is 8.30. The van der Waals surface area contributed by atoms with E-state index >= 15 is 0 Å². The van der Waals surface area contributed by atoms with Crippen LogP contribution >= 0.6 is 0 Å². The molecular formula is C6H16CaO2. The molecule has 0 unspecified atom stereocenters. The van der Waals surface area contributed by atoms with Crippen LogP contribution in [0.3, 0.4) is 0 Å². The maximum Gasteiger partial charge on any atom is 2.00 e. The summed E-state index contributed by atoms with van der Waals surface area (Å²) in [7, 11) is 0. The molecule has 0 radical (unpaired) electrons. The molecule has 0 aromatic rings. The van der Waals surface area contributed by atoms with Crippen LogP contribution in [0.25, 0.3) is 0 Å². The minimum atomic E-state index is 0. The standard InChI is InChI=1S/C6H14O2.Ca.2H/c7-5-3-1-2-4-6-8;;;/h7-8H,1-6H2;;;/q;+2;2*-1. The third-order valence-electron chi connectivity index (χ3n) is 1.07. The van der Waals surface area contributed by atoms with Crippen LogP contribution in [0.5, 0.6) is 0 Å². The molecule has 0 fully saturated rings. The Morgan fingerprint density at radius 2 is 1.11 bits per heavy atom. The molecule has 9 heavy (non-hydrogen) atoms. The van der Waals surface area contributed by atoms with Crippen LogP contribution in [0.15, 0.2) is 0 Å². The van der Waals surface area contributed by atoms with Gasteiger partial charge >= 0.3 is 37.7 Å². The Morgan fingerprint density at radius 3 is 1.33 bits per heavy atom. The summed E-state index contributed by atoms with van der Waals surface area (Å²) < 4.78 is 0. The van der Waals surface area contributed by atoms with E-state index in [1.807, 2.05) is 0 Å². The first-order valence-electron chi connectivity index (χ1n) is 3.13. The van der Waals surface area contributed by atoms with Crippen LogP contribution in [0, 0.1) is 0 Å². The van der Waals surface area contributed by atoms with Crippen molar-refractivity contribution >= 4 is 37.7 Å². The summed E-state index contributed by atoms with van der Waals surface area (Å²) in [4.78, 5) is 0. The molecular weight excluding hydrogens is 144 g/mol. The smallest absolute Gasteiger partial charge is 1.00 e. The van der Waals surface area contributed by atoms with Crippen LogP contribution < -0.4 is 0 Å². The first-order chi connectivity index (χ1) is 3.91. The van der Waals surface area contributed by atoms with E-state index in [1.165, 1.54) is 0 Å². The average molecular weight is 160 g/mol. The molecule has 0 aliphatic heterocycles. The molecule has 0 aromatic carbocycles. The van der Waals surface area contributed by atoms with Gasteiger partial charge in [0, 0.05) is 13.2 Å². The minimum absolute atomic E-state index is 0. The third-order valence-corrected chi connectivity index (χ3v) is 1.07. The molecule has 0 bridgehead atoms. The molecule has 0 saturated carbocycles. The molecule has 0 heterocycles. The van der Waals surface area contributed by atoms with Crippen LogP contribution in [0.1, 0.15) is 28.5 Å². The fraction of sp³-hybridized carbons (Fsp3) is 1.00. The van der Waals surface area contributed by atoms with Crippen LogP contribution in [0.2, 0.25) is 0 Å². The Balaban J connectivity index is -0.0000000817. The Labute approximate surface area is 89.2 Å². The number of aliphatic hydroxyl groups is 2. The summed E-state index contributed by atoms with van der Waals surface area (Å²) in [5.74, 6) is 0. The summed E-state index contributed by atoms with van der Waals surface area (Å²) in [5, 5.41) is 16.6. The number of hydrogen-bond donors (Lipinski definition) is 2. The predicted molar refractivity (Wildman–Crippen MR) is 40.6 cm³/mol. The van der Waals surface area contributed by atoms with Crippen LogP contribution in [0.4, 0.5) is 0 Å². The zero-order valence-electron chi connectivity index (χ0n) is 7.84. The van der Waals surface area contributed by atoms with E-state index in [0.29, 0.717) is 0 Å². The van der Waals surface area contributed by atoms with E-state index < -0.39 is 0 Å². The van der Waals surface area contributed by atoms with Gasteiger partial charge in [0.05, 0.1) is 0 Å². The molecule has 0 aromatic heterocycles. The Bertz CT molecular complexity index is 43.6. The zero-order valence-corrected chi connectivity index (χ0v) is 8.05. The first kappa shape index (κ1) is 12.8. The van der Waals surface area contributed by atoms with Gasteiger partial charge in [-0.05, 0) is 12.8 Å². The number of rotatable bonds is 5. The second-order valence-electron chi connectivity index (χ2n) is 1.86.